The zero-order valence-corrected chi connectivity index (χ0v) is 21.8. The third-order valence-electron chi connectivity index (χ3n) is 6.01. The lowest BCUT2D eigenvalue weighted by atomic mass is 10.0. The Hall–Kier alpha value is -3.82. The summed E-state index contributed by atoms with van der Waals surface area (Å²) in [5.74, 6) is 1.24. The molecule has 7 nitrogen and oxygen atoms in total. The second-order valence-corrected chi connectivity index (χ2v) is 9.85. The van der Waals surface area contributed by atoms with E-state index in [-0.39, 0.29) is 24.4 Å². The second kappa shape index (κ2) is 11.5. The zero-order chi connectivity index (χ0) is 25.6. The molecule has 1 fully saturated rings. The van der Waals surface area contributed by atoms with Crippen LogP contribution in [-0.2, 0) is 4.79 Å². The van der Waals surface area contributed by atoms with Crippen molar-refractivity contribution in [2.75, 3.05) is 19.0 Å². The van der Waals surface area contributed by atoms with E-state index in [1.165, 1.54) is 0 Å². The number of methoxy groups -OCH3 is 1. The summed E-state index contributed by atoms with van der Waals surface area (Å²) in [4.78, 5) is 20.5. The lowest BCUT2D eigenvalue weighted by Gasteiger charge is -2.25. The highest BCUT2D eigenvalue weighted by atomic mass is 32.2. The van der Waals surface area contributed by atoms with Crippen LogP contribution < -0.4 is 15.4 Å². The maximum Gasteiger partial charge on any atom is 0.226 e. The van der Waals surface area contributed by atoms with Crippen molar-refractivity contribution in [1.29, 1.82) is 0 Å². The van der Waals surface area contributed by atoms with Gasteiger partial charge in [0.05, 0.1) is 24.5 Å². The Balaban J connectivity index is 1.36. The molecule has 1 amide bonds. The molecular formula is C28H26N4O3S2. The molecule has 2 N–H and O–H groups in total. The smallest absolute Gasteiger partial charge is 0.226 e. The van der Waals surface area contributed by atoms with Crippen molar-refractivity contribution >= 4 is 40.7 Å². The summed E-state index contributed by atoms with van der Waals surface area (Å²) in [7, 11) is 1.58. The minimum Gasteiger partial charge on any atom is -0.495 e. The first kappa shape index (κ1) is 24.9. The van der Waals surface area contributed by atoms with Crippen LogP contribution in [0.15, 0.2) is 106 Å². The van der Waals surface area contributed by atoms with E-state index in [0.717, 1.165) is 21.4 Å². The standard InChI is InChI=1S/C28H26N4O3S2/c1-34-22-13-6-5-11-20(22)30-24(33)16-18-32-27(26(31-28(32)36)21-12-7-8-17-29-21)23-14-15-25(35-23)37-19-9-3-2-4-10-19/h2-15,17,26-27H,16,18H2,1H3,(H,30,33)(H,31,36)/t26-,27-/m1/s1. The number of nitrogens with one attached hydrogen (secondary N) is 2. The quantitative estimate of drug-likeness (QED) is 0.262. The van der Waals surface area contributed by atoms with Gasteiger partial charge in [-0.25, -0.2) is 0 Å². The summed E-state index contributed by atoms with van der Waals surface area (Å²) in [6.07, 6.45) is 2.00. The van der Waals surface area contributed by atoms with E-state index in [2.05, 4.69) is 15.6 Å². The van der Waals surface area contributed by atoms with Crippen LogP contribution in [0.3, 0.4) is 0 Å². The van der Waals surface area contributed by atoms with Gasteiger partial charge in [-0.2, -0.15) is 0 Å². The van der Waals surface area contributed by atoms with Gasteiger partial charge in [-0.15, -0.1) is 0 Å². The highest BCUT2D eigenvalue weighted by Gasteiger charge is 2.41. The number of anilines is 1. The van der Waals surface area contributed by atoms with Gasteiger partial charge in [0.1, 0.15) is 17.6 Å². The number of hydrogen-bond donors (Lipinski definition) is 2. The van der Waals surface area contributed by atoms with E-state index in [1.807, 2.05) is 89.8 Å². The molecule has 2 aromatic carbocycles. The first-order chi connectivity index (χ1) is 18.1. The number of furan rings is 1. The van der Waals surface area contributed by atoms with E-state index in [4.69, 9.17) is 21.4 Å². The summed E-state index contributed by atoms with van der Waals surface area (Å²) >= 11 is 7.28. The fourth-order valence-corrected chi connectivity index (χ4v) is 5.42. The van der Waals surface area contributed by atoms with Crippen LogP contribution >= 0.6 is 24.0 Å². The number of carbonyl (C=O) groups excluding carboxylic acids is 1. The highest BCUT2D eigenvalue weighted by molar-refractivity contribution is 7.99. The van der Waals surface area contributed by atoms with Crippen LogP contribution in [-0.4, -0.2) is 34.6 Å². The molecule has 1 aliphatic heterocycles. The Morgan fingerprint density at radius 3 is 2.65 bits per heavy atom. The minimum atomic E-state index is -0.258. The molecule has 3 heterocycles. The molecule has 0 radical (unpaired) electrons. The van der Waals surface area contributed by atoms with Crippen molar-refractivity contribution in [3.05, 3.63) is 103 Å². The molecule has 4 aromatic rings. The number of carbonyl (C=O) groups is 1. The van der Waals surface area contributed by atoms with Crippen molar-refractivity contribution in [2.24, 2.45) is 0 Å². The number of hydrogen-bond acceptors (Lipinski definition) is 6. The topological polar surface area (TPSA) is 79.6 Å². The molecule has 0 aliphatic carbocycles. The Bertz CT molecular complexity index is 1360. The minimum absolute atomic E-state index is 0.132. The van der Waals surface area contributed by atoms with Crippen molar-refractivity contribution in [1.82, 2.24) is 15.2 Å². The van der Waals surface area contributed by atoms with Crippen LogP contribution in [0.25, 0.3) is 0 Å². The van der Waals surface area contributed by atoms with Gasteiger partial charge in [0.2, 0.25) is 5.91 Å². The van der Waals surface area contributed by atoms with Gasteiger partial charge in [-0.05, 0) is 60.7 Å². The molecule has 1 saturated heterocycles. The van der Waals surface area contributed by atoms with Gasteiger partial charge in [0, 0.05) is 24.1 Å². The normalized spacial score (nSPS) is 16.9. The number of para-hydroxylation sites is 2. The van der Waals surface area contributed by atoms with Gasteiger partial charge >= 0.3 is 0 Å². The fraction of sp³-hybridized carbons (Fsp3) is 0.179. The Morgan fingerprint density at radius 2 is 1.86 bits per heavy atom. The number of amides is 1. The van der Waals surface area contributed by atoms with Crippen LogP contribution in [0.4, 0.5) is 5.69 Å². The number of pyridine rings is 1. The molecule has 188 valence electrons. The number of nitrogens with zero attached hydrogens (tertiary/aromatic N) is 2. The SMILES string of the molecule is COc1ccccc1NC(=O)CCN1C(=S)N[C@H](c2ccccn2)[C@H]1c1ccc(Sc2ccccc2)o1. The van der Waals surface area contributed by atoms with Crippen LogP contribution in [0.1, 0.15) is 30.0 Å². The van der Waals surface area contributed by atoms with Crippen LogP contribution in [0, 0.1) is 0 Å². The van der Waals surface area contributed by atoms with Gasteiger partial charge in [0.25, 0.3) is 0 Å². The predicted molar refractivity (Wildman–Crippen MR) is 148 cm³/mol. The van der Waals surface area contributed by atoms with E-state index >= 15 is 0 Å². The maximum absolute atomic E-state index is 12.8. The molecule has 9 heteroatoms. The van der Waals surface area contributed by atoms with Crippen molar-refractivity contribution < 1.29 is 13.9 Å². The molecule has 0 unspecified atom stereocenters. The number of thiocarbonyl (C=S) groups is 1. The number of rotatable bonds is 9. The molecule has 2 atom stereocenters. The van der Waals surface area contributed by atoms with Crippen molar-refractivity contribution in [3.8, 4) is 5.75 Å². The van der Waals surface area contributed by atoms with E-state index in [1.54, 1.807) is 25.1 Å². The van der Waals surface area contributed by atoms with Crippen molar-refractivity contribution in [3.63, 3.8) is 0 Å². The zero-order valence-electron chi connectivity index (χ0n) is 20.2. The molecule has 2 aromatic heterocycles. The average Bonchev–Trinajstić information content (AvgIpc) is 3.52. The first-order valence-corrected chi connectivity index (χ1v) is 13.1. The predicted octanol–water partition coefficient (Wildman–Crippen LogP) is 5.84. The lowest BCUT2D eigenvalue weighted by Crippen LogP contribution is -2.32. The van der Waals surface area contributed by atoms with Gasteiger partial charge in [-0.1, -0.05) is 48.2 Å². The van der Waals surface area contributed by atoms with Crippen molar-refractivity contribution in [2.45, 2.75) is 28.5 Å². The second-order valence-electron chi connectivity index (χ2n) is 8.39. The average molecular weight is 531 g/mol. The van der Waals surface area contributed by atoms with Crippen LogP contribution in [0.2, 0.25) is 0 Å². The number of benzene rings is 2. The van der Waals surface area contributed by atoms with E-state index < -0.39 is 0 Å². The van der Waals surface area contributed by atoms with Crippen LogP contribution in [0.5, 0.6) is 5.75 Å². The fourth-order valence-electron chi connectivity index (χ4n) is 4.29. The molecule has 0 bridgehead atoms. The number of ether oxygens (including phenoxy) is 1. The third kappa shape index (κ3) is 5.79. The Morgan fingerprint density at radius 1 is 1.08 bits per heavy atom. The summed E-state index contributed by atoms with van der Waals surface area (Å²) in [5, 5.41) is 7.67. The Kier molecular flexibility index (Phi) is 7.72. The summed E-state index contributed by atoms with van der Waals surface area (Å²) < 4.78 is 11.7. The monoisotopic (exact) mass is 530 g/mol. The van der Waals surface area contributed by atoms with Gasteiger partial charge in [0.15, 0.2) is 10.2 Å². The third-order valence-corrected chi connectivity index (χ3v) is 7.29. The molecule has 5 rings (SSSR count). The Labute approximate surface area is 225 Å². The largest absolute Gasteiger partial charge is 0.495 e. The molecule has 37 heavy (non-hydrogen) atoms. The lowest BCUT2D eigenvalue weighted by molar-refractivity contribution is -0.116. The molecule has 1 aliphatic rings. The molecular weight excluding hydrogens is 504 g/mol. The van der Waals surface area contributed by atoms with Gasteiger partial charge in [-0.3, -0.25) is 9.78 Å². The van der Waals surface area contributed by atoms with E-state index in [0.29, 0.717) is 23.1 Å². The highest BCUT2D eigenvalue weighted by Crippen LogP contribution is 2.41. The number of aromatic nitrogens is 1. The summed E-state index contributed by atoms with van der Waals surface area (Å²) in [5.41, 5.74) is 1.48. The summed E-state index contributed by atoms with van der Waals surface area (Å²) in [6, 6.07) is 26.7. The summed E-state index contributed by atoms with van der Waals surface area (Å²) in [6.45, 7) is 0.405. The first-order valence-electron chi connectivity index (χ1n) is 11.9. The van der Waals surface area contributed by atoms with E-state index in [9.17, 15) is 4.79 Å². The maximum atomic E-state index is 12.8. The molecule has 0 spiro atoms. The van der Waals surface area contributed by atoms with Gasteiger partial charge < -0.3 is 24.7 Å². The molecule has 0 saturated carbocycles.